The van der Waals surface area contributed by atoms with Gasteiger partial charge in [0.2, 0.25) is 0 Å². The quantitative estimate of drug-likeness (QED) is 0.831. The minimum Gasteiger partial charge on any atom is -0.382 e. The molecule has 5 heteroatoms. The maximum Gasteiger partial charge on any atom is 0.269 e. The number of rotatable bonds is 6. The zero-order valence-corrected chi connectivity index (χ0v) is 12.4. The first kappa shape index (κ1) is 14.8. The van der Waals surface area contributed by atoms with E-state index in [2.05, 4.69) is 15.6 Å². The number of likely N-dealkylation sites (N-methyl/N-ethyl adjacent to an activating group) is 1. The van der Waals surface area contributed by atoms with E-state index in [0.29, 0.717) is 18.3 Å². The Labute approximate surface area is 120 Å². The first-order valence-electron chi connectivity index (χ1n) is 7.30. The summed E-state index contributed by atoms with van der Waals surface area (Å²) in [5.74, 6) is -0.109. The van der Waals surface area contributed by atoms with Crippen molar-refractivity contribution in [1.82, 2.24) is 15.2 Å². The monoisotopic (exact) mass is 276 g/mol. The number of amides is 1. The van der Waals surface area contributed by atoms with Crippen molar-refractivity contribution >= 4 is 11.6 Å². The lowest BCUT2D eigenvalue weighted by atomic mass is 10.2. The lowest BCUT2D eigenvalue weighted by Gasteiger charge is -2.14. The fourth-order valence-electron chi connectivity index (χ4n) is 2.43. The van der Waals surface area contributed by atoms with Crippen LogP contribution in [0.25, 0.3) is 0 Å². The van der Waals surface area contributed by atoms with E-state index in [1.807, 2.05) is 31.1 Å². The Kier molecular flexibility index (Phi) is 5.35. The number of pyridine rings is 1. The molecule has 0 bridgehead atoms. The van der Waals surface area contributed by atoms with Crippen molar-refractivity contribution in [2.75, 3.05) is 32.5 Å². The van der Waals surface area contributed by atoms with E-state index in [1.54, 1.807) is 6.20 Å². The van der Waals surface area contributed by atoms with Crippen molar-refractivity contribution in [1.29, 1.82) is 0 Å². The Hall–Kier alpha value is -1.62. The molecule has 1 aliphatic carbocycles. The molecule has 0 radical (unpaired) electrons. The number of carbonyl (C=O) groups excluding carboxylic acids is 1. The number of nitrogens with zero attached hydrogens (tertiary/aromatic N) is 2. The van der Waals surface area contributed by atoms with Gasteiger partial charge in [-0.25, -0.2) is 0 Å². The van der Waals surface area contributed by atoms with Crippen molar-refractivity contribution in [2.24, 2.45) is 0 Å². The summed E-state index contributed by atoms with van der Waals surface area (Å²) in [5, 5.41) is 6.36. The highest BCUT2D eigenvalue weighted by Crippen LogP contribution is 2.22. The molecule has 1 aromatic rings. The van der Waals surface area contributed by atoms with E-state index in [1.165, 1.54) is 25.7 Å². The van der Waals surface area contributed by atoms with Gasteiger partial charge in [0.25, 0.3) is 5.91 Å². The van der Waals surface area contributed by atoms with Crippen LogP contribution in [0, 0.1) is 0 Å². The summed E-state index contributed by atoms with van der Waals surface area (Å²) in [7, 11) is 3.97. The van der Waals surface area contributed by atoms with E-state index in [9.17, 15) is 4.79 Å². The third kappa shape index (κ3) is 4.49. The molecule has 0 saturated heterocycles. The summed E-state index contributed by atoms with van der Waals surface area (Å²) in [4.78, 5) is 18.2. The molecule has 1 heterocycles. The average molecular weight is 276 g/mol. The third-order valence-electron chi connectivity index (χ3n) is 3.56. The van der Waals surface area contributed by atoms with Gasteiger partial charge < -0.3 is 15.5 Å². The van der Waals surface area contributed by atoms with Gasteiger partial charge in [-0.05, 0) is 39.1 Å². The number of hydrogen-bond donors (Lipinski definition) is 2. The predicted molar refractivity (Wildman–Crippen MR) is 81.0 cm³/mol. The van der Waals surface area contributed by atoms with Crippen LogP contribution >= 0.6 is 0 Å². The Morgan fingerprint density at radius 2 is 2.15 bits per heavy atom. The molecule has 1 fully saturated rings. The van der Waals surface area contributed by atoms with Crippen molar-refractivity contribution in [2.45, 2.75) is 31.7 Å². The van der Waals surface area contributed by atoms with Crippen LogP contribution in [0.5, 0.6) is 0 Å². The summed E-state index contributed by atoms with van der Waals surface area (Å²) < 4.78 is 0. The molecule has 1 aromatic heterocycles. The lowest BCUT2D eigenvalue weighted by Crippen LogP contribution is -2.31. The number of aromatic nitrogens is 1. The van der Waals surface area contributed by atoms with Gasteiger partial charge in [0.15, 0.2) is 0 Å². The van der Waals surface area contributed by atoms with Crippen LogP contribution in [0.1, 0.15) is 36.2 Å². The van der Waals surface area contributed by atoms with Crippen molar-refractivity contribution in [3.8, 4) is 0 Å². The molecule has 1 aliphatic rings. The first-order chi connectivity index (χ1) is 9.65. The van der Waals surface area contributed by atoms with Gasteiger partial charge in [-0.2, -0.15) is 0 Å². The van der Waals surface area contributed by atoms with Crippen molar-refractivity contribution < 1.29 is 4.79 Å². The van der Waals surface area contributed by atoms with Gasteiger partial charge in [0.05, 0.1) is 0 Å². The van der Waals surface area contributed by atoms with Crippen molar-refractivity contribution in [3.05, 3.63) is 24.0 Å². The minimum absolute atomic E-state index is 0.109. The SMILES string of the molecule is CN(C)CCNC(=O)c1cc(NC2CCCC2)ccn1. The molecule has 5 nitrogen and oxygen atoms in total. The standard InChI is InChI=1S/C15H24N4O/c1-19(2)10-9-17-15(20)14-11-13(7-8-16-14)18-12-5-3-4-6-12/h7-8,11-12H,3-6,9-10H2,1-2H3,(H,16,18)(H,17,20). The molecular weight excluding hydrogens is 252 g/mol. The number of hydrogen-bond acceptors (Lipinski definition) is 4. The molecule has 0 unspecified atom stereocenters. The van der Waals surface area contributed by atoms with E-state index < -0.39 is 0 Å². The zero-order chi connectivity index (χ0) is 14.4. The molecule has 110 valence electrons. The fraction of sp³-hybridized carbons (Fsp3) is 0.600. The highest BCUT2D eigenvalue weighted by atomic mass is 16.1. The zero-order valence-electron chi connectivity index (χ0n) is 12.4. The van der Waals surface area contributed by atoms with Crippen molar-refractivity contribution in [3.63, 3.8) is 0 Å². The molecular formula is C15H24N4O. The largest absolute Gasteiger partial charge is 0.382 e. The molecule has 1 amide bonds. The van der Waals surface area contributed by atoms with E-state index >= 15 is 0 Å². The molecule has 0 spiro atoms. The lowest BCUT2D eigenvalue weighted by molar-refractivity contribution is 0.0946. The Morgan fingerprint density at radius 3 is 2.85 bits per heavy atom. The second-order valence-corrected chi connectivity index (χ2v) is 5.61. The summed E-state index contributed by atoms with van der Waals surface area (Å²) in [6, 6.07) is 4.31. The maximum absolute atomic E-state index is 12.0. The molecule has 0 aliphatic heterocycles. The number of carbonyl (C=O) groups is 1. The van der Waals surface area contributed by atoms with Crippen LogP contribution in [-0.4, -0.2) is 49.0 Å². The summed E-state index contributed by atoms with van der Waals surface area (Å²) >= 11 is 0. The smallest absolute Gasteiger partial charge is 0.269 e. The van der Waals surface area contributed by atoms with Crippen LogP contribution in [0.4, 0.5) is 5.69 Å². The second kappa shape index (κ2) is 7.24. The summed E-state index contributed by atoms with van der Waals surface area (Å²) in [6.45, 7) is 1.46. The molecule has 2 rings (SSSR count). The Balaban J connectivity index is 1.89. The Morgan fingerprint density at radius 1 is 1.40 bits per heavy atom. The van der Waals surface area contributed by atoms with Gasteiger partial charge in [-0.1, -0.05) is 12.8 Å². The van der Waals surface area contributed by atoms with Gasteiger partial charge in [0.1, 0.15) is 5.69 Å². The average Bonchev–Trinajstić information content (AvgIpc) is 2.91. The first-order valence-corrected chi connectivity index (χ1v) is 7.30. The normalized spacial score (nSPS) is 15.6. The van der Waals surface area contributed by atoms with E-state index in [0.717, 1.165) is 12.2 Å². The van der Waals surface area contributed by atoms with Crippen LogP contribution < -0.4 is 10.6 Å². The minimum atomic E-state index is -0.109. The van der Waals surface area contributed by atoms with Crippen LogP contribution in [0.15, 0.2) is 18.3 Å². The Bertz CT molecular complexity index is 441. The number of anilines is 1. The predicted octanol–water partition coefficient (Wildman–Crippen LogP) is 1.73. The third-order valence-corrected chi connectivity index (χ3v) is 3.56. The summed E-state index contributed by atoms with van der Waals surface area (Å²) in [6.07, 6.45) is 6.71. The maximum atomic E-state index is 12.0. The van der Waals surface area contributed by atoms with E-state index in [-0.39, 0.29) is 5.91 Å². The van der Waals surface area contributed by atoms with Crippen LogP contribution in [0.3, 0.4) is 0 Å². The number of nitrogens with one attached hydrogen (secondary N) is 2. The molecule has 0 aromatic carbocycles. The van der Waals surface area contributed by atoms with E-state index in [4.69, 9.17) is 0 Å². The highest BCUT2D eigenvalue weighted by Gasteiger charge is 2.15. The van der Waals surface area contributed by atoms with Crippen LogP contribution in [-0.2, 0) is 0 Å². The topological polar surface area (TPSA) is 57.3 Å². The fourth-order valence-corrected chi connectivity index (χ4v) is 2.43. The molecule has 1 saturated carbocycles. The molecule has 0 atom stereocenters. The van der Waals surface area contributed by atoms with Gasteiger partial charge in [0, 0.05) is 31.0 Å². The second-order valence-electron chi connectivity index (χ2n) is 5.61. The van der Waals surface area contributed by atoms with Gasteiger partial charge in [-0.3, -0.25) is 9.78 Å². The molecule has 20 heavy (non-hydrogen) atoms. The van der Waals surface area contributed by atoms with Crippen LogP contribution in [0.2, 0.25) is 0 Å². The highest BCUT2D eigenvalue weighted by molar-refractivity contribution is 5.93. The van der Waals surface area contributed by atoms with Gasteiger partial charge >= 0.3 is 0 Å². The van der Waals surface area contributed by atoms with Gasteiger partial charge in [-0.15, -0.1) is 0 Å². The molecule has 2 N–H and O–H groups in total. The summed E-state index contributed by atoms with van der Waals surface area (Å²) in [5.41, 5.74) is 1.47.